The van der Waals surface area contributed by atoms with Gasteiger partial charge in [0.1, 0.15) is 17.5 Å². The molecule has 3 aromatic carbocycles. The predicted molar refractivity (Wildman–Crippen MR) is 270 cm³/mol. The molecule has 0 saturated heterocycles. The van der Waals surface area contributed by atoms with Gasteiger partial charge in [0.05, 0.1) is 35.2 Å². The Balaban J connectivity index is 0.000000150. The van der Waals surface area contributed by atoms with E-state index in [1.165, 1.54) is 147 Å². The summed E-state index contributed by atoms with van der Waals surface area (Å²) in [6.45, 7) is 21.2. The molecule has 0 radical (unpaired) electrons. The number of fused-ring (bicyclic) bond motifs is 3. The molecule has 0 aliphatic heterocycles. The summed E-state index contributed by atoms with van der Waals surface area (Å²) in [7, 11) is 0. The van der Waals surface area contributed by atoms with Crippen molar-refractivity contribution in [3.8, 4) is 17.1 Å². The molecule has 2 N–H and O–H groups in total. The van der Waals surface area contributed by atoms with Crippen LogP contribution in [0.5, 0.6) is 0 Å². The number of ether oxygens (including phenoxy) is 1. The predicted octanol–water partition coefficient (Wildman–Crippen LogP) is 10.7. The third kappa shape index (κ3) is 10.8. The molecule has 3 aliphatic rings. The molecule has 0 saturated carbocycles. The highest BCUT2D eigenvalue weighted by atomic mass is 32.2. The number of aromatic amines is 1. The van der Waals surface area contributed by atoms with Gasteiger partial charge in [0.25, 0.3) is 0 Å². The number of carboxylic acids is 1. The number of hydrogen-bond acceptors (Lipinski definition) is 11. The van der Waals surface area contributed by atoms with E-state index in [-0.39, 0.29) is 17.5 Å². The van der Waals surface area contributed by atoms with Crippen LogP contribution in [0.4, 0.5) is 0 Å². The van der Waals surface area contributed by atoms with E-state index < -0.39 is 5.97 Å². The van der Waals surface area contributed by atoms with Crippen molar-refractivity contribution in [3.63, 3.8) is 0 Å². The lowest BCUT2D eigenvalue weighted by Gasteiger charge is -2.25. The first-order chi connectivity index (χ1) is 32.1. The van der Waals surface area contributed by atoms with E-state index in [2.05, 4.69) is 99.5 Å². The molecular formula is C51H65N9O4S3. The molecule has 0 spiro atoms. The third-order valence-corrected chi connectivity index (χ3v) is 15.2. The largest absolute Gasteiger partial charge is 0.481 e. The molecule has 3 aromatic heterocycles. The summed E-state index contributed by atoms with van der Waals surface area (Å²) in [5, 5.41) is 34.5. The van der Waals surface area contributed by atoms with Crippen molar-refractivity contribution < 1.29 is 19.4 Å². The number of hydrogen-bond donors (Lipinski definition) is 2. The van der Waals surface area contributed by atoms with Crippen LogP contribution in [-0.4, -0.2) is 79.5 Å². The van der Waals surface area contributed by atoms with E-state index in [1.807, 2.05) is 32.3 Å². The van der Waals surface area contributed by atoms with Gasteiger partial charge in [-0.05, 0) is 225 Å². The van der Waals surface area contributed by atoms with Crippen LogP contribution >= 0.6 is 35.7 Å². The number of nitrogens with one attached hydrogen (secondary N) is 1. The number of aliphatic carboxylic acids is 1. The number of aromatic nitrogens is 9. The molecule has 13 nitrogen and oxygen atoms in total. The minimum absolute atomic E-state index is 0.00870. The number of H-pyrrole nitrogens is 1. The zero-order chi connectivity index (χ0) is 48.1. The molecule has 0 amide bonds. The van der Waals surface area contributed by atoms with E-state index in [1.54, 1.807) is 0 Å². The fraction of sp³-hybridized carbons (Fsp3) is 0.490. The lowest BCUT2D eigenvalue weighted by atomic mass is 9.85. The van der Waals surface area contributed by atoms with Gasteiger partial charge in [-0.25, -0.2) is 0 Å². The molecule has 9 rings (SSSR count). The normalized spacial score (nSPS) is 13.9. The number of carbonyl (C=O) groups is 2. The summed E-state index contributed by atoms with van der Waals surface area (Å²) in [6, 6.07) is 6.77. The lowest BCUT2D eigenvalue weighted by molar-refractivity contribution is -0.140. The monoisotopic (exact) mass is 963 g/mol. The van der Waals surface area contributed by atoms with Crippen molar-refractivity contribution in [2.45, 2.75) is 157 Å². The summed E-state index contributed by atoms with van der Waals surface area (Å²) < 4.78 is 12.0. The van der Waals surface area contributed by atoms with Gasteiger partial charge in [-0.1, -0.05) is 41.7 Å². The van der Waals surface area contributed by atoms with Gasteiger partial charge in [-0.2, -0.15) is 5.10 Å². The standard InChI is InChI=1S/C19H25N3O2S.C17H21N3O2S.C15H19N3S/c1-5-24-17(23)11-25-19-21-20-14(4)22(19)18-13(3)10-12(2)15-8-6-7-9-16(15)18;1-10-8-11(2)16(14-7-5-4-6-13(10)14)20-12(3)18-19-17(20)23-9-15(21)22;1-9-8-10(2)14(13-7-5-4-6-12(9)13)18-11(3)16-17-15(18)19/h10H,5-9,11H2,1-4H3;8H,4-7,9H2,1-3H3,(H,21,22);8H,4-7H2,1-3H3,(H,17,19). The first kappa shape index (κ1) is 49.8. The molecule has 3 heterocycles. The fourth-order valence-corrected chi connectivity index (χ4v) is 12.1. The maximum atomic E-state index is 11.7. The van der Waals surface area contributed by atoms with Crippen molar-refractivity contribution in [2.75, 3.05) is 18.1 Å². The molecular weight excluding hydrogens is 899 g/mol. The number of aryl methyl sites for hydroxylation is 9. The topological polar surface area (TPSA) is 159 Å². The molecule has 0 bridgehead atoms. The minimum atomic E-state index is -0.843. The number of carboxylic acid groups (broad SMARTS) is 1. The van der Waals surface area contributed by atoms with Crippen LogP contribution in [0.25, 0.3) is 17.1 Å². The molecule has 0 atom stereocenters. The Morgan fingerprint density at radius 1 is 0.567 bits per heavy atom. The summed E-state index contributed by atoms with van der Waals surface area (Å²) in [6.07, 6.45) is 14.2. The second-order valence-corrected chi connectivity index (χ2v) is 20.3. The highest BCUT2D eigenvalue weighted by molar-refractivity contribution is 8.00. The first-order valence-corrected chi connectivity index (χ1v) is 26.0. The Hall–Kier alpha value is -5.06. The van der Waals surface area contributed by atoms with E-state index in [0.717, 1.165) is 60.4 Å². The summed E-state index contributed by atoms with van der Waals surface area (Å²) >= 11 is 8.01. The Bertz CT molecular complexity index is 2870. The third-order valence-electron chi connectivity index (χ3n) is 13.2. The highest BCUT2D eigenvalue weighted by Gasteiger charge is 2.25. The van der Waals surface area contributed by atoms with Crippen molar-refractivity contribution >= 4 is 47.7 Å². The summed E-state index contributed by atoms with van der Waals surface area (Å²) in [5.74, 6) is 1.77. The van der Waals surface area contributed by atoms with Crippen LogP contribution < -0.4 is 0 Å². The van der Waals surface area contributed by atoms with Gasteiger partial charge >= 0.3 is 11.9 Å². The van der Waals surface area contributed by atoms with Crippen LogP contribution in [0.3, 0.4) is 0 Å². The SMILES string of the molecule is CCOC(=O)CSc1nnc(C)n1-c1c(C)cc(C)c2c1CCCC2.Cc1cc(C)c(-n2c(C)n[nH]c2=S)c2c1CCCC2.Cc1cc(C)c(-n2c(C)nnc2SCC(=O)O)c2c1CCCC2. The zero-order valence-corrected chi connectivity index (χ0v) is 43.3. The Kier molecular flexibility index (Phi) is 16.3. The van der Waals surface area contributed by atoms with Gasteiger partial charge in [-0.15, -0.1) is 20.4 Å². The molecule has 356 valence electrons. The number of nitrogens with zero attached hydrogens (tertiary/aromatic N) is 8. The van der Waals surface area contributed by atoms with E-state index in [9.17, 15) is 9.59 Å². The molecule has 0 unspecified atom stereocenters. The van der Waals surface area contributed by atoms with Crippen LogP contribution in [-0.2, 0) is 52.9 Å². The van der Waals surface area contributed by atoms with Crippen LogP contribution in [0.15, 0.2) is 28.5 Å². The van der Waals surface area contributed by atoms with E-state index in [0.29, 0.717) is 16.5 Å². The second kappa shape index (κ2) is 21.9. The Morgan fingerprint density at radius 3 is 1.30 bits per heavy atom. The Labute approximate surface area is 408 Å². The highest BCUT2D eigenvalue weighted by Crippen LogP contribution is 2.37. The van der Waals surface area contributed by atoms with Crippen LogP contribution in [0, 0.1) is 67.1 Å². The van der Waals surface area contributed by atoms with Gasteiger partial charge in [0.15, 0.2) is 15.1 Å². The number of thioether (sulfide) groups is 2. The minimum Gasteiger partial charge on any atom is -0.481 e. The van der Waals surface area contributed by atoms with E-state index in [4.69, 9.17) is 22.1 Å². The van der Waals surface area contributed by atoms with Gasteiger partial charge in [0, 0.05) is 0 Å². The van der Waals surface area contributed by atoms with Crippen molar-refractivity contribution in [3.05, 3.63) is 107 Å². The number of carbonyl (C=O) groups excluding carboxylic acids is 1. The van der Waals surface area contributed by atoms with Gasteiger partial charge < -0.3 is 9.84 Å². The quantitative estimate of drug-likeness (QED) is 0.0761. The number of benzene rings is 3. The number of esters is 1. The average Bonchev–Trinajstić information content (AvgIpc) is 3.97. The second-order valence-electron chi connectivity index (χ2n) is 18.0. The summed E-state index contributed by atoms with van der Waals surface area (Å²) in [4.78, 5) is 22.6. The maximum Gasteiger partial charge on any atom is 0.316 e. The number of rotatable bonds is 10. The van der Waals surface area contributed by atoms with Crippen molar-refractivity contribution in [2.24, 2.45) is 0 Å². The van der Waals surface area contributed by atoms with Gasteiger partial charge in [0.2, 0.25) is 0 Å². The van der Waals surface area contributed by atoms with Crippen LogP contribution in [0.2, 0.25) is 0 Å². The molecule has 3 aliphatic carbocycles. The Morgan fingerprint density at radius 2 is 0.940 bits per heavy atom. The van der Waals surface area contributed by atoms with Crippen molar-refractivity contribution in [1.29, 1.82) is 0 Å². The van der Waals surface area contributed by atoms with Crippen molar-refractivity contribution in [1.82, 2.24) is 44.3 Å². The van der Waals surface area contributed by atoms with Gasteiger partial charge in [-0.3, -0.25) is 28.4 Å². The zero-order valence-electron chi connectivity index (χ0n) is 40.8. The first-order valence-electron chi connectivity index (χ1n) is 23.6. The molecule has 0 fully saturated rings. The molecule has 16 heteroatoms. The molecule has 67 heavy (non-hydrogen) atoms. The fourth-order valence-electron chi connectivity index (χ4n) is 10.4. The van der Waals surface area contributed by atoms with Crippen LogP contribution in [0.1, 0.15) is 130 Å². The van der Waals surface area contributed by atoms with E-state index >= 15 is 0 Å². The lowest BCUT2D eigenvalue weighted by Crippen LogP contribution is -2.14. The maximum absolute atomic E-state index is 11.7. The average molecular weight is 964 g/mol. The smallest absolute Gasteiger partial charge is 0.316 e. The molecule has 6 aromatic rings. The summed E-state index contributed by atoms with van der Waals surface area (Å²) in [5.41, 5.74) is 20.2.